The zero-order chi connectivity index (χ0) is 9.19. The molecule has 1 aromatic heterocycles. The van der Waals surface area contributed by atoms with Crippen LogP contribution in [0.4, 0.5) is 0 Å². The van der Waals surface area contributed by atoms with E-state index >= 15 is 0 Å². The summed E-state index contributed by atoms with van der Waals surface area (Å²) in [6.07, 6.45) is 2.93. The van der Waals surface area contributed by atoms with Crippen molar-refractivity contribution in [3.63, 3.8) is 0 Å². The number of aryl methyl sites for hydroxylation is 1. The molecular formula is C9H16N2Sn. The first-order valence-corrected chi connectivity index (χ1v) is 14.3. The van der Waals surface area contributed by atoms with Crippen molar-refractivity contribution < 1.29 is 0 Å². The second kappa shape index (κ2) is 3.73. The van der Waals surface area contributed by atoms with Gasteiger partial charge in [-0.1, -0.05) is 0 Å². The molecule has 1 aromatic rings. The van der Waals surface area contributed by atoms with E-state index in [0.29, 0.717) is 0 Å². The van der Waals surface area contributed by atoms with Crippen LogP contribution >= 0.6 is 0 Å². The van der Waals surface area contributed by atoms with Crippen molar-refractivity contribution in [2.75, 3.05) is 0 Å². The van der Waals surface area contributed by atoms with Crippen LogP contribution in [0.3, 0.4) is 0 Å². The molecule has 0 N–H and O–H groups in total. The Morgan fingerprint density at radius 2 is 2.00 bits per heavy atom. The zero-order valence-corrected chi connectivity index (χ0v) is 11.1. The predicted octanol–water partition coefficient (Wildman–Crippen LogP) is 1.58. The van der Waals surface area contributed by atoms with Gasteiger partial charge in [0.25, 0.3) is 0 Å². The van der Waals surface area contributed by atoms with E-state index in [9.17, 15) is 0 Å². The summed E-state index contributed by atoms with van der Waals surface area (Å²) in [4.78, 5) is 7.18. The van der Waals surface area contributed by atoms with Crippen LogP contribution in [0.25, 0.3) is 0 Å². The zero-order valence-electron chi connectivity index (χ0n) is 8.26. The Morgan fingerprint density at radius 3 is 2.50 bits per heavy atom. The molecule has 1 rings (SSSR count). The Hall–Kier alpha value is -0.121. The summed E-state index contributed by atoms with van der Waals surface area (Å²) < 4.78 is 1.47. The SMILES string of the molecule is CCc1c[c]([Sn]([CH3])([CH3])[CH3])cnn1. The molecule has 0 saturated heterocycles. The fraction of sp³-hybridized carbons (Fsp3) is 0.556. The van der Waals surface area contributed by atoms with Crippen molar-refractivity contribution in [2.24, 2.45) is 0 Å². The summed E-state index contributed by atoms with van der Waals surface area (Å²) in [6, 6.07) is 2.23. The van der Waals surface area contributed by atoms with Crippen molar-refractivity contribution in [2.45, 2.75) is 28.2 Å². The van der Waals surface area contributed by atoms with Gasteiger partial charge in [-0.3, -0.25) is 0 Å². The Morgan fingerprint density at radius 1 is 1.33 bits per heavy atom. The summed E-state index contributed by atoms with van der Waals surface area (Å²) in [6.45, 7) is 2.12. The minimum absolute atomic E-state index is 0.989. The molecule has 0 unspecified atom stereocenters. The molecule has 0 radical (unpaired) electrons. The van der Waals surface area contributed by atoms with Crippen molar-refractivity contribution in [3.8, 4) is 0 Å². The van der Waals surface area contributed by atoms with Crippen molar-refractivity contribution in [1.82, 2.24) is 10.2 Å². The second-order valence-electron chi connectivity index (χ2n) is 4.04. The molecule has 66 valence electrons. The number of nitrogens with zero attached hydrogens (tertiary/aromatic N) is 2. The van der Waals surface area contributed by atoms with Crippen molar-refractivity contribution >= 4 is 22.0 Å². The maximum atomic E-state index is 4.05. The molecule has 1 heterocycles. The van der Waals surface area contributed by atoms with Gasteiger partial charge in [-0.15, -0.1) is 0 Å². The van der Waals surface area contributed by atoms with Gasteiger partial charge in [0, 0.05) is 0 Å². The molecule has 0 aliphatic rings. The first-order valence-electron chi connectivity index (χ1n) is 4.36. The van der Waals surface area contributed by atoms with Crippen molar-refractivity contribution in [1.29, 1.82) is 0 Å². The van der Waals surface area contributed by atoms with Crippen LogP contribution in [0, 0.1) is 0 Å². The molecule has 0 atom stereocenters. The van der Waals surface area contributed by atoms with Gasteiger partial charge >= 0.3 is 78.3 Å². The van der Waals surface area contributed by atoms with Gasteiger partial charge in [0.2, 0.25) is 0 Å². The Balaban J connectivity index is 3.02. The van der Waals surface area contributed by atoms with E-state index in [-0.39, 0.29) is 0 Å². The van der Waals surface area contributed by atoms with E-state index in [4.69, 9.17) is 0 Å². The third-order valence-corrected chi connectivity index (χ3v) is 7.66. The van der Waals surface area contributed by atoms with Crippen LogP contribution in [-0.2, 0) is 6.42 Å². The molecule has 0 aliphatic heterocycles. The molecule has 0 aliphatic carbocycles. The first kappa shape index (κ1) is 9.96. The summed E-state index contributed by atoms with van der Waals surface area (Å²) in [5.74, 6) is 0. The average Bonchev–Trinajstić information content (AvgIpc) is 2.03. The third-order valence-electron chi connectivity index (χ3n) is 1.93. The number of aromatic nitrogens is 2. The molecular weight excluding hydrogens is 255 g/mol. The fourth-order valence-corrected chi connectivity index (χ4v) is 3.98. The number of rotatable bonds is 2. The summed E-state index contributed by atoms with van der Waals surface area (Å²) in [5, 5.41) is 8.08. The van der Waals surface area contributed by atoms with Crippen LogP contribution in [0.5, 0.6) is 0 Å². The van der Waals surface area contributed by atoms with Gasteiger partial charge in [0.15, 0.2) is 0 Å². The molecule has 0 aromatic carbocycles. The van der Waals surface area contributed by atoms with Crippen molar-refractivity contribution in [3.05, 3.63) is 18.0 Å². The standard InChI is InChI=1S/C6H7N2.3CH3.Sn/c1-2-6-4-3-5-7-8-6;;;;/h4-5H,2H2,1H3;3*1H3;. The third kappa shape index (κ3) is 2.44. The van der Waals surface area contributed by atoms with Crippen LogP contribution < -0.4 is 3.58 Å². The summed E-state index contributed by atoms with van der Waals surface area (Å²) in [7, 11) is 0. The Bertz CT molecular complexity index is 265. The number of hydrogen-bond acceptors (Lipinski definition) is 2. The van der Waals surface area contributed by atoms with E-state index in [1.165, 1.54) is 3.58 Å². The topological polar surface area (TPSA) is 25.8 Å². The van der Waals surface area contributed by atoms with Gasteiger partial charge in [0.05, 0.1) is 0 Å². The van der Waals surface area contributed by atoms with Gasteiger partial charge in [-0.2, -0.15) is 0 Å². The van der Waals surface area contributed by atoms with E-state index in [2.05, 4.69) is 38.0 Å². The van der Waals surface area contributed by atoms with Crippen LogP contribution in [-0.4, -0.2) is 28.6 Å². The molecule has 12 heavy (non-hydrogen) atoms. The van der Waals surface area contributed by atoms with Crippen LogP contribution in [0.1, 0.15) is 12.6 Å². The minimum atomic E-state index is -1.88. The predicted molar refractivity (Wildman–Crippen MR) is 54.4 cm³/mol. The first-order chi connectivity index (χ1) is 5.54. The van der Waals surface area contributed by atoms with E-state index in [1.54, 1.807) is 0 Å². The van der Waals surface area contributed by atoms with Gasteiger partial charge < -0.3 is 0 Å². The normalized spacial score (nSPS) is 11.7. The molecule has 3 heteroatoms. The molecule has 0 fully saturated rings. The van der Waals surface area contributed by atoms with Gasteiger partial charge in [0.1, 0.15) is 0 Å². The number of hydrogen-bond donors (Lipinski definition) is 0. The summed E-state index contributed by atoms with van der Waals surface area (Å²) >= 11 is -1.88. The van der Waals surface area contributed by atoms with Crippen LogP contribution in [0.2, 0.25) is 14.8 Å². The van der Waals surface area contributed by atoms with Gasteiger partial charge in [-0.25, -0.2) is 0 Å². The van der Waals surface area contributed by atoms with E-state index < -0.39 is 18.4 Å². The van der Waals surface area contributed by atoms with E-state index in [0.717, 1.165) is 12.1 Å². The van der Waals surface area contributed by atoms with Gasteiger partial charge in [-0.05, 0) is 0 Å². The molecule has 0 spiro atoms. The van der Waals surface area contributed by atoms with Crippen LogP contribution in [0.15, 0.2) is 12.3 Å². The monoisotopic (exact) mass is 272 g/mol. The molecule has 0 amide bonds. The molecule has 0 saturated carbocycles. The second-order valence-corrected chi connectivity index (χ2v) is 18.5. The maximum absolute atomic E-state index is 4.05. The quantitative estimate of drug-likeness (QED) is 0.763. The summed E-state index contributed by atoms with van der Waals surface area (Å²) in [5.41, 5.74) is 1.12. The molecule has 2 nitrogen and oxygen atoms in total. The van der Waals surface area contributed by atoms with E-state index in [1.807, 2.05) is 6.20 Å². The Labute approximate surface area is 78.3 Å². The fourth-order valence-electron chi connectivity index (χ4n) is 0.994. The molecule has 0 bridgehead atoms. The Kier molecular flexibility index (Phi) is 3.09. The average molecular weight is 271 g/mol.